The van der Waals surface area contributed by atoms with Gasteiger partial charge < -0.3 is 23.9 Å². The molecule has 3 aromatic heterocycles. The van der Waals surface area contributed by atoms with E-state index in [1.807, 2.05) is 13.8 Å². The summed E-state index contributed by atoms with van der Waals surface area (Å²) in [6, 6.07) is 7.36. The second kappa shape index (κ2) is 9.58. The van der Waals surface area contributed by atoms with Crippen molar-refractivity contribution in [3.05, 3.63) is 59.4 Å². The van der Waals surface area contributed by atoms with Gasteiger partial charge in [-0.05, 0) is 37.6 Å². The van der Waals surface area contributed by atoms with Gasteiger partial charge in [-0.15, -0.1) is 0 Å². The van der Waals surface area contributed by atoms with Crippen LogP contribution in [-0.2, 0) is 20.9 Å². The van der Waals surface area contributed by atoms with E-state index in [0.29, 0.717) is 29.6 Å². The van der Waals surface area contributed by atoms with Crippen LogP contribution < -0.4 is 10.2 Å². The molecule has 0 saturated heterocycles. The summed E-state index contributed by atoms with van der Waals surface area (Å²) < 4.78 is 12.2. The van der Waals surface area contributed by atoms with Crippen LogP contribution in [0.1, 0.15) is 22.6 Å². The summed E-state index contributed by atoms with van der Waals surface area (Å²) in [5, 5.41) is 12.2. The number of carbonyl (C=O) groups is 2. The molecule has 0 spiro atoms. The van der Waals surface area contributed by atoms with Crippen molar-refractivity contribution in [1.29, 1.82) is 5.26 Å². The van der Waals surface area contributed by atoms with Crippen molar-refractivity contribution in [3.63, 3.8) is 0 Å². The average molecular weight is 422 g/mol. The van der Waals surface area contributed by atoms with Crippen LogP contribution in [0.15, 0.2) is 41.3 Å². The second-order valence-electron chi connectivity index (χ2n) is 6.83. The molecule has 0 radical (unpaired) electrons. The fourth-order valence-corrected chi connectivity index (χ4v) is 3.00. The van der Waals surface area contributed by atoms with Crippen LogP contribution in [0.2, 0.25) is 0 Å². The summed E-state index contributed by atoms with van der Waals surface area (Å²) in [6.07, 6.45) is 4.68. The minimum atomic E-state index is -0.607. The number of anilines is 2. The van der Waals surface area contributed by atoms with E-state index in [0.717, 1.165) is 11.3 Å². The third-order valence-electron chi connectivity index (χ3n) is 4.72. The fourth-order valence-electron chi connectivity index (χ4n) is 3.00. The highest BCUT2D eigenvalue weighted by Crippen LogP contribution is 2.27. The van der Waals surface area contributed by atoms with Gasteiger partial charge in [0.25, 0.3) is 5.91 Å². The van der Waals surface area contributed by atoms with Crippen molar-refractivity contribution in [2.45, 2.75) is 20.4 Å². The number of carbonyl (C=O) groups excluding carboxylic acids is 2. The minimum absolute atomic E-state index is 0.117. The van der Waals surface area contributed by atoms with Crippen LogP contribution in [0.25, 0.3) is 0 Å². The van der Waals surface area contributed by atoms with Gasteiger partial charge in [0.2, 0.25) is 5.95 Å². The molecule has 31 heavy (non-hydrogen) atoms. The highest BCUT2D eigenvalue weighted by Gasteiger charge is 2.21. The van der Waals surface area contributed by atoms with Crippen LogP contribution >= 0.6 is 0 Å². The first kappa shape index (κ1) is 21.6. The Morgan fingerprint density at radius 1 is 1.29 bits per heavy atom. The number of hydrogen-bond donors (Lipinski definition) is 1. The number of esters is 1. The lowest BCUT2D eigenvalue weighted by Crippen LogP contribution is -2.31. The first-order valence-corrected chi connectivity index (χ1v) is 9.46. The third kappa shape index (κ3) is 5.08. The maximum atomic E-state index is 12.4. The average Bonchev–Trinajstić information content (AvgIpc) is 3.36. The van der Waals surface area contributed by atoms with E-state index in [1.54, 1.807) is 48.5 Å². The Hall–Kier alpha value is -4.13. The summed E-state index contributed by atoms with van der Waals surface area (Å²) in [7, 11) is 1.64. The molecule has 3 rings (SSSR count). The second-order valence-corrected chi connectivity index (χ2v) is 6.83. The van der Waals surface area contributed by atoms with Gasteiger partial charge in [0.15, 0.2) is 6.61 Å². The zero-order chi connectivity index (χ0) is 22.4. The quantitative estimate of drug-likeness (QED) is 0.547. The largest absolute Gasteiger partial charge is 0.467 e. The lowest BCUT2D eigenvalue weighted by molar-refractivity contribution is -0.145. The van der Waals surface area contributed by atoms with E-state index in [2.05, 4.69) is 21.4 Å². The number of ether oxygens (including phenoxy) is 1. The van der Waals surface area contributed by atoms with E-state index >= 15 is 0 Å². The highest BCUT2D eigenvalue weighted by molar-refractivity contribution is 5.94. The van der Waals surface area contributed by atoms with Crippen molar-refractivity contribution in [1.82, 2.24) is 14.5 Å². The molecule has 0 aliphatic heterocycles. The summed E-state index contributed by atoms with van der Waals surface area (Å²) in [4.78, 5) is 34.1. The highest BCUT2D eigenvalue weighted by atomic mass is 16.5. The van der Waals surface area contributed by atoms with E-state index < -0.39 is 18.5 Å². The molecule has 10 heteroatoms. The maximum absolute atomic E-state index is 12.4. The summed E-state index contributed by atoms with van der Waals surface area (Å²) >= 11 is 0. The molecule has 1 amide bonds. The number of likely N-dealkylation sites (N-methyl/N-ethyl adjacent to an activating group) is 1. The number of aromatic nitrogens is 3. The van der Waals surface area contributed by atoms with E-state index in [1.165, 1.54) is 4.90 Å². The van der Waals surface area contributed by atoms with E-state index in [9.17, 15) is 14.9 Å². The SMILES string of the molecule is Cc1c(C#N)c(NC(=O)COC(=O)CN(C)c2ncccn2)n(Cc2ccco2)c1C. The molecular weight excluding hydrogens is 400 g/mol. The number of furan rings is 1. The molecule has 10 nitrogen and oxygen atoms in total. The topological polar surface area (TPSA) is 126 Å². The lowest BCUT2D eigenvalue weighted by atomic mass is 10.2. The van der Waals surface area contributed by atoms with Gasteiger partial charge in [-0.1, -0.05) is 0 Å². The predicted molar refractivity (Wildman–Crippen MR) is 111 cm³/mol. The predicted octanol–water partition coefficient (Wildman–Crippen LogP) is 2.03. The first-order valence-electron chi connectivity index (χ1n) is 9.46. The molecule has 1 N–H and O–H groups in total. The number of nitrogens with zero attached hydrogens (tertiary/aromatic N) is 5. The summed E-state index contributed by atoms with van der Waals surface area (Å²) in [5.74, 6) is 0.218. The molecule has 0 atom stereocenters. The Kier molecular flexibility index (Phi) is 6.67. The molecule has 0 bridgehead atoms. The molecule has 0 unspecified atom stereocenters. The van der Waals surface area contributed by atoms with Crippen LogP contribution in [0, 0.1) is 25.2 Å². The first-order chi connectivity index (χ1) is 14.9. The van der Waals surface area contributed by atoms with Crippen molar-refractivity contribution in [3.8, 4) is 6.07 Å². The molecule has 0 aromatic carbocycles. The zero-order valence-electron chi connectivity index (χ0n) is 17.5. The lowest BCUT2D eigenvalue weighted by Gasteiger charge is -2.15. The standard InChI is InChI=1S/C21H22N6O4/c1-14-15(2)27(11-16-6-4-9-30-16)20(17(14)10-22)25-18(28)13-31-19(29)12-26(3)21-23-7-5-8-24-21/h4-9H,11-13H2,1-3H3,(H,25,28). The summed E-state index contributed by atoms with van der Waals surface area (Å²) in [6.45, 7) is 3.41. The Balaban J connectivity index is 1.64. The van der Waals surface area contributed by atoms with Crippen molar-refractivity contribution >= 4 is 23.6 Å². The van der Waals surface area contributed by atoms with Crippen LogP contribution in [0.4, 0.5) is 11.8 Å². The Morgan fingerprint density at radius 2 is 2.03 bits per heavy atom. The molecular formula is C21H22N6O4. The Labute approximate surface area is 179 Å². The number of hydrogen-bond acceptors (Lipinski definition) is 8. The third-order valence-corrected chi connectivity index (χ3v) is 4.72. The van der Waals surface area contributed by atoms with Crippen molar-refractivity contribution < 1.29 is 18.7 Å². The maximum Gasteiger partial charge on any atom is 0.326 e. The molecule has 0 aliphatic carbocycles. The van der Waals surface area contributed by atoms with Crippen molar-refractivity contribution in [2.24, 2.45) is 0 Å². The zero-order valence-corrected chi connectivity index (χ0v) is 17.5. The smallest absolute Gasteiger partial charge is 0.326 e. The van der Waals surface area contributed by atoms with Gasteiger partial charge >= 0.3 is 5.97 Å². The van der Waals surface area contributed by atoms with E-state index in [-0.39, 0.29) is 6.54 Å². The van der Waals surface area contributed by atoms with Gasteiger partial charge in [-0.3, -0.25) is 9.59 Å². The van der Waals surface area contributed by atoms with Gasteiger partial charge in [-0.2, -0.15) is 5.26 Å². The van der Waals surface area contributed by atoms with E-state index in [4.69, 9.17) is 9.15 Å². The molecule has 3 heterocycles. The molecule has 0 fully saturated rings. The van der Waals surface area contributed by atoms with Gasteiger partial charge in [0, 0.05) is 25.1 Å². The van der Waals surface area contributed by atoms with Gasteiger partial charge in [0.05, 0.1) is 18.4 Å². The summed E-state index contributed by atoms with van der Waals surface area (Å²) in [5.41, 5.74) is 1.93. The van der Waals surface area contributed by atoms with Crippen molar-refractivity contribution in [2.75, 3.05) is 30.4 Å². The monoisotopic (exact) mass is 422 g/mol. The van der Waals surface area contributed by atoms with Crippen LogP contribution in [0.3, 0.4) is 0 Å². The van der Waals surface area contributed by atoms with Crippen LogP contribution in [-0.4, -0.2) is 46.6 Å². The Bertz CT molecular complexity index is 1100. The number of nitrogens with one attached hydrogen (secondary N) is 1. The molecule has 0 saturated carbocycles. The van der Waals surface area contributed by atoms with Gasteiger partial charge in [0.1, 0.15) is 24.2 Å². The van der Waals surface area contributed by atoms with Gasteiger partial charge in [-0.25, -0.2) is 9.97 Å². The minimum Gasteiger partial charge on any atom is -0.467 e. The number of nitriles is 1. The number of amides is 1. The normalized spacial score (nSPS) is 10.4. The molecule has 160 valence electrons. The fraction of sp³-hybridized carbons (Fsp3) is 0.286. The Morgan fingerprint density at radius 3 is 2.68 bits per heavy atom. The molecule has 0 aliphatic rings. The number of rotatable bonds is 8. The van der Waals surface area contributed by atoms with Crippen LogP contribution in [0.5, 0.6) is 0 Å². The molecule has 3 aromatic rings.